The summed E-state index contributed by atoms with van der Waals surface area (Å²) in [6.45, 7) is 3.05. The molecule has 2 aliphatic heterocycles. The summed E-state index contributed by atoms with van der Waals surface area (Å²) in [7, 11) is 3.65. The lowest BCUT2D eigenvalue weighted by molar-refractivity contribution is -0.129. The van der Waals surface area contributed by atoms with Crippen molar-refractivity contribution in [2.24, 2.45) is 0 Å². The Kier molecular flexibility index (Phi) is 6.46. The number of hydrogen-bond donors (Lipinski definition) is 2. The summed E-state index contributed by atoms with van der Waals surface area (Å²) in [4.78, 5) is 19.6. The first-order chi connectivity index (χ1) is 14.4. The summed E-state index contributed by atoms with van der Waals surface area (Å²) in [5, 5.41) is 11.8. The number of carbonyl (C=O) groups excluding carboxylic acids is 1. The number of nitrogens with one attached hydrogen (secondary N) is 1. The predicted octanol–water partition coefficient (Wildman–Crippen LogP) is 2.74. The monoisotopic (exact) mass is 413 g/mol. The van der Waals surface area contributed by atoms with Crippen LogP contribution in [0.2, 0.25) is 0 Å². The Hall–Kier alpha value is -1.89. The van der Waals surface area contributed by atoms with E-state index < -0.39 is 5.60 Å². The molecule has 1 unspecified atom stereocenters. The number of ether oxygens (including phenoxy) is 1. The third-order valence-corrected chi connectivity index (χ3v) is 6.86. The highest BCUT2D eigenvalue weighted by Gasteiger charge is 2.31. The van der Waals surface area contributed by atoms with Crippen LogP contribution in [0.15, 0.2) is 24.4 Å². The van der Waals surface area contributed by atoms with Gasteiger partial charge in [-0.25, -0.2) is 0 Å². The molecule has 3 heterocycles. The quantitative estimate of drug-likeness (QED) is 0.698. The van der Waals surface area contributed by atoms with Crippen molar-refractivity contribution in [2.75, 3.05) is 40.4 Å². The number of fused-ring (bicyclic) bond motifs is 1. The predicted molar refractivity (Wildman–Crippen MR) is 119 cm³/mol. The first kappa shape index (κ1) is 21.3. The van der Waals surface area contributed by atoms with Crippen LogP contribution in [0.5, 0.6) is 0 Å². The van der Waals surface area contributed by atoms with E-state index in [1.165, 1.54) is 34.9 Å². The molecule has 2 N–H and O–H groups in total. The molecule has 2 aromatic rings. The Labute approximate surface area is 179 Å². The zero-order valence-corrected chi connectivity index (χ0v) is 18.3. The fourth-order valence-corrected chi connectivity index (χ4v) is 4.86. The van der Waals surface area contributed by atoms with Crippen LogP contribution in [0.1, 0.15) is 43.2 Å². The van der Waals surface area contributed by atoms with Gasteiger partial charge in [0, 0.05) is 63.2 Å². The lowest BCUT2D eigenvalue weighted by Crippen LogP contribution is -2.35. The van der Waals surface area contributed by atoms with Crippen LogP contribution < -0.4 is 0 Å². The third-order valence-electron chi connectivity index (χ3n) is 6.86. The van der Waals surface area contributed by atoms with E-state index in [2.05, 4.69) is 34.3 Å². The number of aliphatic hydroxyl groups is 1. The number of nitrogens with zero attached hydrogens (tertiary/aromatic N) is 2. The molecule has 1 amide bonds. The lowest BCUT2D eigenvalue weighted by Gasteiger charge is -2.24. The number of amides is 1. The van der Waals surface area contributed by atoms with Crippen molar-refractivity contribution in [2.45, 2.75) is 56.6 Å². The van der Waals surface area contributed by atoms with Gasteiger partial charge in [-0.1, -0.05) is 6.07 Å². The number of rotatable bonds is 8. The summed E-state index contributed by atoms with van der Waals surface area (Å²) in [5.74, 6) is 0.201. The second-order valence-corrected chi connectivity index (χ2v) is 9.30. The summed E-state index contributed by atoms with van der Waals surface area (Å²) in [6, 6.07) is 7.11. The molecule has 0 bridgehead atoms. The van der Waals surface area contributed by atoms with Gasteiger partial charge < -0.3 is 19.7 Å². The number of H-pyrrole nitrogens is 1. The van der Waals surface area contributed by atoms with Gasteiger partial charge in [0.05, 0.1) is 12.2 Å². The van der Waals surface area contributed by atoms with Crippen LogP contribution in [-0.2, 0) is 22.4 Å². The highest BCUT2D eigenvalue weighted by Crippen LogP contribution is 2.28. The highest BCUT2D eigenvalue weighted by molar-refractivity contribution is 5.84. The Morgan fingerprint density at radius 1 is 1.40 bits per heavy atom. The maximum absolute atomic E-state index is 12.0. The first-order valence-corrected chi connectivity index (χ1v) is 11.3. The molecule has 0 aliphatic carbocycles. The van der Waals surface area contributed by atoms with E-state index in [0.717, 1.165) is 38.8 Å². The average molecular weight is 414 g/mol. The highest BCUT2D eigenvalue weighted by atomic mass is 16.5. The minimum Gasteiger partial charge on any atom is -0.387 e. The van der Waals surface area contributed by atoms with Gasteiger partial charge in [-0.2, -0.15) is 0 Å². The molecule has 6 nitrogen and oxygen atoms in total. The fourth-order valence-electron chi connectivity index (χ4n) is 4.86. The zero-order valence-electron chi connectivity index (χ0n) is 18.3. The molecule has 2 atom stereocenters. The maximum atomic E-state index is 12.0. The minimum absolute atomic E-state index is 0.201. The van der Waals surface area contributed by atoms with Crippen molar-refractivity contribution in [3.8, 4) is 0 Å². The number of hydrogen-bond acceptors (Lipinski definition) is 4. The van der Waals surface area contributed by atoms with Crippen LogP contribution >= 0.6 is 0 Å². The van der Waals surface area contributed by atoms with E-state index in [0.29, 0.717) is 25.7 Å². The number of aromatic nitrogens is 1. The molecular formula is C24H35N3O3. The van der Waals surface area contributed by atoms with Gasteiger partial charge >= 0.3 is 0 Å². The molecule has 30 heavy (non-hydrogen) atoms. The van der Waals surface area contributed by atoms with E-state index in [4.69, 9.17) is 4.74 Å². The molecule has 2 saturated heterocycles. The first-order valence-electron chi connectivity index (χ1n) is 11.3. The van der Waals surface area contributed by atoms with E-state index in [9.17, 15) is 9.90 Å². The van der Waals surface area contributed by atoms with Gasteiger partial charge in [-0.3, -0.25) is 9.69 Å². The molecule has 0 saturated carbocycles. The summed E-state index contributed by atoms with van der Waals surface area (Å²) in [6.07, 6.45) is 8.49. The summed E-state index contributed by atoms with van der Waals surface area (Å²) in [5.41, 5.74) is 3.13. The molecule has 2 fully saturated rings. The van der Waals surface area contributed by atoms with E-state index in [1.807, 2.05) is 14.1 Å². The Morgan fingerprint density at radius 2 is 2.27 bits per heavy atom. The zero-order chi connectivity index (χ0) is 21.1. The molecular weight excluding hydrogens is 378 g/mol. The molecule has 4 rings (SSSR count). The van der Waals surface area contributed by atoms with E-state index in [-0.39, 0.29) is 5.91 Å². The van der Waals surface area contributed by atoms with E-state index in [1.54, 1.807) is 4.90 Å². The SMILES string of the molecule is CN(C)C(=O)CCN1CCC[C@@H]1Cc1c[nH]c2ccc(CCC3(O)CCOC3)cc12. The van der Waals surface area contributed by atoms with Crippen LogP contribution in [-0.4, -0.2) is 77.8 Å². The maximum Gasteiger partial charge on any atom is 0.223 e. The topological polar surface area (TPSA) is 68.8 Å². The van der Waals surface area contributed by atoms with Crippen molar-refractivity contribution in [3.63, 3.8) is 0 Å². The van der Waals surface area contributed by atoms with Crippen LogP contribution in [0.3, 0.4) is 0 Å². The van der Waals surface area contributed by atoms with Crippen LogP contribution in [0.25, 0.3) is 10.9 Å². The van der Waals surface area contributed by atoms with Gasteiger partial charge in [0.2, 0.25) is 5.91 Å². The molecule has 2 aliphatic rings. The second-order valence-electron chi connectivity index (χ2n) is 9.30. The second kappa shape index (κ2) is 9.08. The summed E-state index contributed by atoms with van der Waals surface area (Å²) >= 11 is 0. The summed E-state index contributed by atoms with van der Waals surface area (Å²) < 4.78 is 5.37. The van der Waals surface area contributed by atoms with Gasteiger partial charge in [0.25, 0.3) is 0 Å². The Morgan fingerprint density at radius 3 is 3.03 bits per heavy atom. The van der Waals surface area contributed by atoms with Gasteiger partial charge in [0.1, 0.15) is 0 Å². The molecule has 1 aromatic carbocycles. The Balaban J connectivity index is 1.41. The van der Waals surface area contributed by atoms with Crippen molar-refractivity contribution in [1.29, 1.82) is 0 Å². The normalized spacial score (nSPS) is 24.7. The van der Waals surface area contributed by atoms with Crippen molar-refractivity contribution < 1.29 is 14.6 Å². The van der Waals surface area contributed by atoms with Crippen LogP contribution in [0, 0.1) is 0 Å². The average Bonchev–Trinajstić information content (AvgIpc) is 3.46. The van der Waals surface area contributed by atoms with Crippen molar-refractivity contribution in [3.05, 3.63) is 35.5 Å². The molecule has 0 spiro atoms. The molecule has 6 heteroatoms. The number of likely N-dealkylation sites (tertiary alicyclic amines) is 1. The Bertz CT molecular complexity index is 870. The third kappa shape index (κ3) is 4.88. The molecule has 0 radical (unpaired) electrons. The van der Waals surface area contributed by atoms with Gasteiger partial charge in [-0.05, 0) is 61.9 Å². The molecule has 164 valence electrons. The van der Waals surface area contributed by atoms with Crippen molar-refractivity contribution in [1.82, 2.24) is 14.8 Å². The standard InChI is InChI=1S/C24H35N3O3/c1-26(2)23(28)8-12-27-11-3-4-20(27)15-19-16-25-22-6-5-18(14-21(19)22)7-9-24(29)10-13-30-17-24/h5-6,14,16,20,25,29H,3-4,7-13,15,17H2,1-2H3/t20-,24?/m1/s1. The van der Waals surface area contributed by atoms with E-state index >= 15 is 0 Å². The largest absolute Gasteiger partial charge is 0.387 e. The minimum atomic E-state index is -0.662. The molecule has 1 aromatic heterocycles. The van der Waals surface area contributed by atoms with Gasteiger partial charge in [-0.15, -0.1) is 0 Å². The van der Waals surface area contributed by atoms with Gasteiger partial charge in [0.15, 0.2) is 0 Å². The lowest BCUT2D eigenvalue weighted by atomic mass is 9.93. The number of carbonyl (C=O) groups is 1. The van der Waals surface area contributed by atoms with Crippen molar-refractivity contribution >= 4 is 16.8 Å². The number of aromatic amines is 1. The number of benzene rings is 1. The smallest absolute Gasteiger partial charge is 0.223 e. The number of aryl methyl sites for hydroxylation is 1. The fraction of sp³-hybridized carbons (Fsp3) is 0.625. The van der Waals surface area contributed by atoms with Crippen LogP contribution in [0.4, 0.5) is 0 Å².